The van der Waals surface area contributed by atoms with Gasteiger partial charge in [0.05, 0.1) is 28.0 Å². The van der Waals surface area contributed by atoms with Crippen LogP contribution < -0.4 is 10.1 Å². The zero-order valence-electron chi connectivity index (χ0n) is 23.0. The second-order valence-electron chi connectivity index (χ2n) is 10.6. The number of carbonyl (C=O) groups excluding carboxylic acids is 1. The third kappa shape index (κ3) is 6.51. The molecular weight excluding hydrogens is 538 g/mol. The molecule has 1 fully saturated rings. The van der Waals surface area contributed by atoms with Crippen molar-refractivity contribution in [2.75, 3.05) is 18.4 Å². The summed E-state index contributed by atoms with van der Waals surface area (Å²) in [6.07, 6.45) is -1.05. The summed E-state index contributed by atoms with van der Waals surface area (Å²) in [7, 11) is 1.71. The Balaban J connectivity index is 1.26. The Kier molecular flexibility index (Phi) is 7.99. The molecule has 0 saturated carbocycles. The molecule has 7 nitrogen and oxygen atoms in total. The summed E-state index contributed by atoms with van der Waals surface area (Å²) in [6.45, 7) is 6.20. The van der Waals surface area contributed by atoms with E-state index in [4.69, 9.17) is 4.74 Å². The van der Waals surface area contributed by atoms with Crippen LogP contribution in [-0.2, 0) is 24.4 Å². The van der Waals surface area contributed by atoms with E-state index in [-0.39, 0.29) is 29.8 Å². The molecule has 0 aliphatic carbocycles. The lowest BCUT2D eigenvalue weighted by Crippen LogP contribution is -2.40. The van der Waals surface area contributed by atoms with Crippen molar-refractivity contribution in [1.82, 2.24) is 19.4 Å². The number of rotatable bonds is 8. The first-order chi connectivity index (χ1) is 19.5. The minimum atomic E-state index is -4.63. The maximum Gasteiger partial charge on any atom is 0.416 e. The second-order valence-corrected chi connectivity index (χ2v) is 10.6. The van der Waals surface area contributed by atoms with Gasteiger partial charge in [-0.25, -0.2) is 9.37 Å². The molecule has 1 aliphatic heterocycles. The first kappa shape index (κ1) is 28.5. The number of nitrogens with zero attached hydrogens (tertiary/aromatic N) is 4. The second kappa shape index (κ2) is 11.5. The van der Waals surface area contributed by atoms with Gasteiger partial charge in [-0.2, -0.15) is 13.2 Å². The van der Waals surface area contributed by atoms with E-state index in [1.165, 1.54) is 0 Å². The monoisotopic (exact) mass is 569 g/mol. The van der Waals surface area contributed by atoms with Crippen LogP contribution in [0.2, 0.25) is 0 Å². The molecule has 1 saturated heterocycles. The van der Waals surface area contributed by atoms with Crippen LogP contribution in [0.25, 0.3) is 11.0 Å². The number of halogens is 4. The number of nitrogens with one attached hydrogen (secondary N) is 1. The molecule has 41 heavy (non-hydrogen) atoms. The normalized spacial score (nSPS) is 15.0. The standard InChI is InChI=1S/C30H31F4N5O2/c1-18(2)39-12-9-19(10-13-39)28(40)16-21-15-23(8-11-35-21)41-22-5-7-27-26(17-22)37-29(38(27)3)36-25-6-4-20(14-24(25)31)30(32,33)34/h4-8,11,14-15,17-19H,9-10,12-13,16H2,1-3H3,(H,36,37). The molecule has 4 aromatic rings. The highest BCUT2D eigenvalue weighted by Gasteiger charge is 2.31. The highest BCUT2D eigenvalue weighted by atomic mass is 19.4. The van der Waals surface area contributed by atoms with Gasteiger partial charge in [-0.15, -0.1) is 0 Å². The molecule has 5 rings (SSSR count). The summed E-state index contributed by atoms with van der Waals surface area (Å²) in [5, 5.41) is 2.76. The summed E-state index contributed by atoms with van der Waals surface area (Å²) in [5.41, 5.74) is 0.691. The number of aryl methyl sites for hydroxylation is 1. The van der Waals surface area contributed by atoms with Crippen LogP contribution in [0, 0.1) is 11.7 Å². The number of likely N-dealkylation sites (tertiary alicyclic amines) is 1. The molecular formula is C30H31F4N5O2. The van der Waals surface area contributed by atoms with E-state index < -0.39 is 17.6 Å². The summed E-state index contributed by atoms with van der Waals surface area (Å²) < 4.78 is 60.7. The third-order valence-corrected chi connectivity index (χ3v) is 7.49. The molecule has 2 aromatic carbocycles. The SMILES string of the molecule is CC(C)N1CCC(C(=O)Cc2cc(Oc3ccc4c(c3)nc(Nc3ccc(C(F)(F)F)cc3F)n4C)ccn2)CC1. The van der Waals surface area contributed by atoms with Gasteiger partial charge in [0.2, 0.25) is 5.95 Å². The average Bonchev–Trinajstić information content (AvgIpc) is 3.23. The quantitative estimate of drug-likeness (QED) is 0.233. The number of aromatic nitrogens is 3. The van der Waals surface area contributed by atoms with Crippen molar-refractivity contribution in [2.45, 2.75) is 45.3 Å². The number of fused-ring (bicyclic) bond motifs is 1. The van der Waals surface area contributed by atoms with Gasteiger partial charge in [-0.05, 0) is 76.2 Å². The Bertz CT molecular complexity index is 1560. The molecule has 0 amide bonds. The largest absolute Gasteiger partial charge is 0.457 e. The van der Waals surface area contributed by atoms with E-state index in [0.29, 0.717) is 40.3 Å². The van der Waals surface area contributed by atoms with E-state index in [1.54, 1.807) is 48.1 Å². The number of imidazole rings is 1. The molecule has 0 bridgehead atoms. The molecule has 1 N–H and O–H groups in total. The van der Waals surface area contributed by atoms with Crippen LogP contribution in [0.5, 0.6) is 11.5 Å². The van der Waals surface area contributed by atoms with Gasteiger partial charge in [0, 0.05) is 43.8 Å². The van der Waals surface area contributed by atoms with Crippen molar-refractivity contribution in [1.29, 1.82) is 0 Å². The van der Waals surface area contributed by atoms with Crippen LogP contribution in [0.3, 0.4) is 0 Å². The van der Waals surface area contributed by atoms with Gasteiger partial charge < -0.3 is 19.5 Å². The minimum Gasteiger partial charge on any atom is -0.457 e. The molecule has 1 aliphatic rings. The Labute approximate surface area is 235 Å². The van der Waals surface area contributed by atoms with Gasteiger partial charge in [-0.3, -0.25) is 9.78 Å². The molecule has 0 unspecified atom stereocenters. The van der Waals surface area contributed by atoms with Gasteiger partial charge in [-0.1, -0.05) is 0 Å². The van der Waals surface area contributed by atoms with Crippen LogP contribution in [0.1, 0.15) is 37.9 Å². The Morgan fingerprint density at radius 2 is 1.80 bits per heavy atom. The predicted molar refractivity (Wildman–Crippen MR) is 148 cm³/mol. The Morgan fingerprint density at radius 1 is 1.07 bits per heavy atom. The number of hydrogen-bond acceptors (Lipinski definition) is 6. The number of pyridine rings is 1. The fraction of sp³-hybridized carbons (Fsp3) is 0.367. The van der Waals surface area contributed by atoms with Crippen molar-refractivity contribution in [3.8, 4) is 11.5 Å². The molecule has 3 heterocycles. The maximum atomic E-state index is 14.4. The maximum absolute atomic E-state index is 14.4. The average molecular weight is 570 g/mol. The Hall–Kier alpha value is -3.99. The summed E-state index contributed by atoms with van der Waals surface area (Å²) in [4.78, 5) is 24.1. The lowest BCUT2D eigenvalue weighted by Gasteiger charge is -2.33. The molecule has 216 valence electrons. The van der Waals surface area contributed by atoms with Crippen molar-refractivity contribution in [3.05, 3.63) is 71.8 Å². The van der Waals surface area contributed by atoms with E-state index in [0.717, 1.165) is 38.1 Å². The van der Waals surface area contributed by atoms with E-state index in [1.807, 2.05) is 0 Å². The lowest BCUT2D eigenvalue weighted by molar-refractivity contribution is -0.137. The van der Waals surface area contributed by atoms with Gasteiger partial charge in [0.1, 0.15) is 23.1 Å². The predicted octanol–water partition coefficient (Wildman–Crippen LogP) is 6.89. The third-order valence-electron chi connectivity index (χ3n) is 7.49. The zero-order valence-corrected chi connectivity index (χ0v) is 23.0. The number of ether oxygens (including phenoxy) is 1. The smallest absolute Gasteiger partial charge is 0.416 e. The number of hydrogen-bond donors (Lipinski definition) is 1. The van der Waals surface area contributed by atoms with Crippen LogP contribution >= 0.6 is 0 Å². The van der Waals surface area contributed by atoms with Crippen LogP contribution in [0.15, 0.2) is 54.7 Å². The first-order valence-corrected chi connectivity index (χ1v) is 13.5. The highest BCUT2D eigenvalue weighted by molar-refractivity contribution is 5.83. The first-order valence-electron chi connectivity index (χ1n) is 13.5. The number of anilines is 2. The summed E-state index contributed by atoms with van der Waals surface area (Å²) in [5.74, 6) is 0.466. The van der Waals surface area contributed by atoms with Crippen LogP contribution in [-0.4, -0.2) is 44.3 Å². The fourth-order valence-corrected chi connectivity index (χ4v) is 5.08. The number of piperidine rings is 1. The molecule has 0 atom stereocenters. The van der Waals surface area contributed by atoms with Crippen molar-refractivity contribution in [2.24, 2.45) is 13.0 Å². The number of Topliss-reactive ketones (excluding diaryl/α,β-unsaturated/α-hetero) is 1. The fourth-order valence-electron chi connectivity index (χ4n) is 5.08. The van der Waals surface area contributed by atoms with Gasteiger partial charge >= 0.3 is 6.18 Å². The summed E-state index contributed by atoms with van der Waals surface area (Å²) in [6, 6.07) is 11.5. The van der Waals surface area contributed by atoms with Crippen molar-refractivity contribution < 1.29 is 27.1 Å². The lowest BCUT2D eigenvalue weighted by atomic mass is 9.90. The molecule has 0 radical (unpaired) electrons. The minimum absolute atomic E-state index is 0.0433. The van der Waals surface area contributed by atoms with Gasteiger partial charge in [0.25, 0.3) is 0 Å². The summed E-state index contributed by atoms with van der Waals surface area (Å²) >= 11 is 0. The molecule has 11 heteroatoms. The number of alkyl halides is 3. The van der Waals surface area contributed by atoms with E-state index in [2.05, 4.69) is 34.0 Å². The van der Waals surface area contributed by atoms with Crippen LogP contribution in [0.4, 0.5) is 29.2 Å². The number of benzene rings is 2. The van der Waals surface area contributed by atoms with E-state index >= 15 is 0 Å². The topological polar surface area (TPSA) is 72.3 Å². The van der Waals surface area contributed by atoms with Crippen molar-refractivity contribution in [3.63, 3.8) is 0 Å². The van der Waals surface area contributed by atoms with E-state index in [9.17, 15) is 22.4 Å². The van der Waals surface area contributed by atoms with Gasteiger partial charge in [0.15, 0.2) is 0 Å². The number of carbonyl (C=O) groups is 1. The number of ketones is 1. The highest BCUT2D eigenvalue weighted by Crippen LogP contribution is 2.33. The van der Waals surface area contributed by atoms with Crippen molar-refractivity contribution >= 4 is 28.5 Å². The molecule has 2 aromatic heterocycles. The zero-order chi connectivity index (χ0) is 29.3. The Morgan fingerprint density at radius 3 is 2.49 bits per heavy atom. The molecule has 0 spiro atoms.